The lowest BCUT2D eigenvalue weighted by molar-refractivity contribution is 0.0505. The van der Waals surface area contributed by atoms with Crippen molar-refractivity contribution in [3.8, 4) is 22.5 Å². The second kappa shape index (κ2) is 16.5. The van der Waals surface area contributed by atoms with E-state index in [0.29, 0.717) is 50.9 Å². The molecule has 5 N–H and O–H groups in total. The van der Waals surface area contributed by atoms with Gasteiger partial charge in [-0.3, -0.25) is 0 Å². The highest BCUT2D eigenvalue weighted by Crippen LogP contribution is 2.33. The summed E-state index contributed by atoms with van der Waals surface area (Å²) < 4.78 is 15.7. The molecule has 4 aromatic heterocycles. The number of ether oxygens (including phenoxy) is 1. The molecule has 1 amide bonds. The Balaban J connectivity index is 0.000000229. The smallest absolute Gasteiger partial charge is 0.407 e. The van der Waals surface area contributed by atoms with Crippen molar-refractivity contribution in [2.24, 2.45) is 5.73 Å². The van der Waals surface area contributed by atoms with Crippen molar-refractivity contribution in [3.05, 3.63) is 45.3 Å². The van der Waals surface area contributed by atoms with Crippen LogP contribution in [0.2, 0.25) is 10.0 Å². The first-order chi connectivity index (χ1) is 23.2. The quantitative estimate of drug-likeness (QED) is 0.146. The number of anilines is 2. The lowest BCUT2D eigenvalue weighted by Gasteiger charge is -2.21. The number of halogens is 3. The molecule has 2 aliphatic rings. The lowest BCUT2D eigenvalue weighted by Crippen LogP contribution is -2.38. The zero-order chi connectivity index (χ0) is 35.5. The van der Waals surface area contributed by atoms with E-state index in [4.69, 9.17) is 42.7 Å². The molecule has 50 heavy (non-hydrogen) atoms. The molecule has 0 unspecified atom stereocenters. The Labute approximate surface area is 307 Å². The van der Waals surface area contributed by atoms with Crippen molar-refractivity contribution in [1.29, 1.82) is 0 Å². The van der Waals surface area contributed by atoms with E-state index in [1.807, 2.05) is 48.5 Å². The molecule has 4 atom stereocenters. The minimum atomic E-state index is -0.508. The molecule has 4 aromatic rings. The van der Waals surface area contributed by atoms with Gasteiger partial charge in [0.1, 0.15) is 17.1 Å². The van der Waals surface area contributed by atoms with Crippen LogP contribution in [0.5, 0.6) is 0 Å². The highest BCUT2D eigenvalue weighted by atomic mass is 35.5. The normalized spacial score (nSPS) is 20.0. The first-order valence-corrected chi connectivity index (χ1v) is 17.1. The molecule has 0 aliphatic heterocycles. The standard InChI is InChI=1S/C19H26ClN5O3.C14H18ClN5O.ClH/c1-10-15(11(2)28-25-10)16-14(20)9-21-17(24-16)22-12-6-7-13(8-12)23-18(26)27-19(3,4)5;1-7-12(8(2)21-20-7)13-11(15)6-17-14(19-13)18-10-4-3-9(16)5-10;/h9,12-13H,6-8H2,1-5H3,(H,23,26)(H,21,22,24);6,9-10H,3-5,16H2,1-2H3,(H,17,18,19);1H/t12-,13+;9-,10+;/m01./s1. The number of hydrogen-bond acceptors (Lipinski definition) is 13. The maximum absolute atomic E-state index is 11.9. The van der Waals surface area contributed by atoms with E-state index in [-0.39, 0.29) is 36.6 Å². The first kappa shape index (κ1) is 39.1. The van der Waals surface area contributed by atoms with Crippen molar-refractivity contribution in [2.45, 2.75) is 117 Å². The number of aryl methyl sites for hydroxylation is 4. The molecule has 6 rings (SSSR count). The Morgan fingerprint density at radius 3 is 1.68 bits per heavy atom. The molecule has 2 aliphatic carbocycles. The number of alkyl carbamates (subject to hydrolysis) is 1. The predicted octanol–water partition coefficient (Wildman–Crippen LogP) is 7.37. The van der Waals surface area contributed by atoms with E-state index in [1.54, 1.807) is 12.4 Å². The van der Waals surface area contributed by atoms with Crippen LogP contribution in [-0.2, 0) is 4.74 Å². The van der Waals surface area contributed by atoms with Crippen LogP contribution >= 0.6 is 35.6 Å². The summed E-state index contributed by atoms with van der Waals surface area (Å²) in [6.45, 7) is 12.9. The Morgan fingerprint density at radius 1 is 0.800 bits per heavy atom. The van der Waals surface area contributed by atoms with Crippen molar-refractivity contribution in [2.75, 3.05) is 10.6 Å². The summed E-state index contributed by atoms with van der Waals surface area (Å²) in [5.74, 6) is 2.41. The van der Waals surface area contributed by atoms with Gasteiger partial charge in [-0.25, -0.2) is 24.7 Å². The van der Waals surface area contributed by atoms with Crippen molar-refractivity contribution in [1.82, 2.24) is 35.6 Å². The monoisotopic (exact) mass is 750 g/mol. The van der Waals surface area contributed by atoms with Gasteiger partial charge >= 0.3 is 6.09 Å². The number of carbonyl (C=O) groups excluding carboxylic acids is 1. The number of rotatable bonds is 7. The second-order valence-electron chi connectivity index (χ2n) is 13.6. The summed E-state index contributed by atoms with van der Waals surface area (Å²) in [7, 11) is 0. The molecule has 14 nitrogen and oxygen atoms in total. The zero-order valence-electron chi connectivity index (χ0n) is 29.3. The van der Waals surface area contributed by atoms with E-state index in [9.17, 15) is 4.79 Å². The van der Waals surface area contributed by atoms with Gasteiger partial charge in [-0.1, -0.05) is 33.5 Å². The van der Waals surface area contributed by atoms with Crippen LogP contribution in [0.25, 0.3) is 22.5 Å². The highest BCUT2D eigenvalue weighted by Gasteiger charge is 2.29. The number of carbonyl (C=O) groups is 1. The molecular weight excluding hydrogens is 707 g/mol. The van der Waals surface area contributed by atoms with Gasteiger partial charge in [0, 0.05) is 24.2 Å². The maximum Gasteiger partial charge on any atom is 0.407 e. The SMILES string of the molecule is Cc1noc(C)c1-c1nc(N[C@H]2CC[C@@H](N)C2)ncc1Cl.Cc1noc(C)c1-c1nc(N[C@H]2CC[C@@H](NC(=O)OC(C)(C)C)C2)ncc1Cl.Cl. The summed E-state index contributed by atoms with van der Waals surface area (Å²) in [5, 5.41) is 18.4. The molecular formula is C33H45Cl3N10O4. The average Bonchev–Trinajstić information content (AvgIpc) is 3.80. The number of nitrogens with zero attached hydrogens (tertiary/aromatic N) is 6. The summed E-state index contributed by atoms with van der Waals surface area (Å²) in [6.07, 6.45) is 8.32. The van der Waals surface area contributed by atoms with E-state index < -0.39 is 5.60 Å². The number of nitrogens with two attached hydrogens (primary N) is 1. The Kier molecular flexibility index (Phi) is 12.9. The number of aromatic nitrogens is 6. The van der Waals surface area contributed by atoms with E-state index >= 15 is 0 Å². The molecule has 2 fully saturated rings. The summed E-state index contributed by atoms with van der Waals surface area (Å²) >= 11 is 12.5. The van der Waals surface area contributed by atoms with Crippen molar-refractivity contribution in [3.63, 3.8) is 0 Å². The number of hydrogen-bond donors (Lipinski definition) is 4. The lowest BCUT2D eigenvalue weighted by atomic mass is 10.1. The third kappa shape index (κ3) is 9.95. The van der Waals surface area contributed by atoms with Crippen LogP contribution in [0.1, 0.15) is 82.2 Å². The van der Waals surface area contributed by atoms with Gasteiger partial charge in [-0.15, -0.1) is 12.4 Å². The third-order valence-electron chi connectivity index (χ3n) is 8.32. The second-order valence-corrected chi connectivity index (χ2v) is 14.4. The minimum absolute atomic E-state index is 0. The molecule has 0 radical (unpaired) electrons. The van der Waals surface area contributed by atoms with E-state index in [0.717, 1.165) is 61.0 Å². The van der Waals surface area contributed by atoms with Crippen LogP contribution in [0.15, 0.2) is 21.4 Å². The van der Waals surface area contributed by atoms with Gasteiger partial charge in [-0.2, -0.15) is 0 Å². The summed E-state index contributed by atoms with van der Waals surface area (Å²) in [6, 6.07) is 0.788. The third-order valence-corrected chi connectivity index (χ3v) is 8.87. The Bertz CT molecular complexity index is 1740. The van der Waals surface area contributed by atoms with Crippen LogP contribution in [0.4, 0.5) is 16.7 Å². The van der Waals surface area contributed by atoms with Gasteiger partial charge in [0.05, 0.1) is 56.3 Å². The first-order valence-electron chi connectivity index (χ1n) is 16.4. The van der Waals surface area contributed by atoms with Gasteiger partial charge in [0.25, 0.3) is 0 Å². The van der Waals surface area contributed by atoms with Crippen LogP contribution in [0, 0.1) is 27.7 Å². The van der Waals surface area contributed by atoms with Gasteiger partial charge in [-0.05, 0) is 87.0 Å². The highest BCUT2D eigenvalue weighted by molar-refractivity contribution is 6.33. The van der Waals surface area contributed by atoms with E-state index in [2.05, 4.69) is 46.2 Å². The maximum atomic E-state index is 11.9. The van der Waals surface area contributed by atoms with Gasteiger partial charge < -0.3 is 35.5 Å². The molecule has 0 spiro atoms. The fraction of sp³-hybridized carbons (Fsp3) is 0.545. The van der Waals surface area contributed by atoms with Gasteiger partial charge in [0.2, 0.25) is 11.9 Å². The molecule has 17 heteroatoms. The Hall–Kier alpha value is -3.72. The van der Waals surface area contributed by atoms with Crippen LogP contribution in [-0.4, -0.2) is 66.1 Å². The number of nitrogens with one attached hydrogen (secondary N) is 3. The van der Waals surface area contributed by atoms with Crippen molar-refractivity contribution < 1.29 is 18.6 Å². The van der Waals surface area contributed by atoms with Gasteiger partial charge in [0.15, 0.2) is 0 Å². The zero-order valence-corrected chi connectivity index (χ0v) is 31.6. The fourth-order valence-corrected chi connectivity index (χ4v) is 6.47. The van der Waals surface area contributed by atoms with Crippen LogP contribution in [0.3, 0.4) is 0 Å². The van der Waals surface area contributed by atoms with Crippen LogP contribution < -0.4 is 21.7 Å². The minimum Gasteiger partial charge on any atom is -0.444 e. The average molecular weight is 752 g/mol. The fourth-order valence-electron chi connectivity index (χ4n) is 6.10. The molecule has 272 valence electrons. The number of amides is 1. The largest absolute Gasteiger partial charge is 0.444 e. The molecule has 0 bridgehead atoms. The van der Waals surface area contributed by atoms with E-state index in [1.165, 1.54) is 0 Å². The summed E-state index contributed by atoms with van der Waals surface area (Å²) in [4.78, 5) is 29.6. The molecule has 0 aromatic carbocycles. The predicted molar refractivity (Wildman–Crippen MR) is 195 cm³/mol. The molecule has 2 saturated carbocycles. The topological polar surface area (TPSA) is 192 Å². The summed E-state index contributed by atoms with van der Waals surface area (Å²) in [5.41, 5.74) is 9.76. The Morgan fingerprint density at radius 2 is 1.26 bits per heavy atom. The van der Waals surface area contributed by atoms with Crippen molar-refractivity contribution >= 4 is 53.6 Å². The molecule has 0 saturated heterocycles. The molecule has 4 heterocycles.